The van der Waals surface area contributed by atoms with Crippen LogP contribution in [0, 0.1) is 0 Å². The topological polar surface area (TPSA) is 55.9 Å². The van der Waals surface area contributed by atoms with Gasteiger partial charge in [0.05, 0.1) is 0 Å². The number of nitrogens with zero attached hydrogens (tertiary/aromatic N) is 3. The van der Waals surface area contributed by atoms with Gasteiger partial charge in [-0.2, -0.15) is 0 Å². The van der Waals surface area contributed by atoms with Crippen LogP contribution in [0.5, 0.6) is 0 Å². The van der Waals surface area contributed by atoms with E-state index in [1.807, 2.05) is 9.80 Å². The van der Waals surface area contributed by atoms with E-state index in [-0.39, 0.29) is 28.9 Å². The molecule has 0 aromatic rings. The first kappa shape index (κ1) is 20.2. The second-order valence-electron chi connectivity index (χ2n) is 9.19. The molecular weight excluding hydrogens is 316 g/mol. The largest absolute Gasteiger partial charge is 0.337 e. The van der Waals surface area contributed by atoms with E-state index in [4.69, 9.17) is 0 Å². The molecule has 1 unspecified atom stereocenters. The average Bonchev–Trinajstić information content (AvgIpc) is 2.74. The Kier molecular flexibility index (Phi) is 6.15. The van der Waals surface area contributed by atoms with Crippen LogP contribution < -0.4 is 5.32 Å². The van der Waals surface area contributed by atoms with Gasteiger partial charge in [0.1, 0.15) is 0 Å². The highest BCUT2D eigenvalue weighted by atomic mass is 16.2. The van der Waals surface area contributed by atoms with Crippen LogP contribution in [0.15, 0.2) is 0 Å². The number of carbonyl (C=O) groups excluding carboxylic acids is 2. The van der Waals surface area contributed by atoms with Crippen molar-refractivity contribution in [3.05, 3.63) is 0 Å². The molecule has 2 aliphatic heterocycles. The van der Waals surface area contributed by atoms with E-state index in [1.165, 1.54) is 0 Å². The van der Waals surface area contributed by atoms with E-state index in [9.17, 15) is 9.59 Å². The highest BCUT2D eigenvalue weighted by Gasteiger charge is 2.37. The van der Waals surface area contributed by atoms with E-state index in [0.717, 1.165) is 39.1 Å². The lowest BCUT2D eigenvalue weighted by Gasteiger charge is -2.40. The van der Waals surface area contributed by atoms with Crippen LogP contribution in [-0.4, -0.2) is 83.4 Å². The standard InChI is InChI=1S/C19H36N4O2/c1-18(2,3)22-10-8-20-15(13-17(22)25)14-19(4,5)23-12-11-21(6)9-7-16(23)24/h15,20H,7-14H2,1-6H3. The van der Waals surface area contributed by atoms with Gasteiger partial charge < -0.3 is 20.0 Å². The van der Waals surface area contributed by atoms with E-state index < -0.39 is 0 Å². The van der Waals surface area contributed by atoms with Crippen molar-refractivity contribution < 1.29 is 9.59 Å². The molecule has 6 heteroatoms. The van der Waals surface area contributed by atoms with Crippen LogP contribution in [0.3, 0.4) is 0 Å². The summed E-state index contributed by atoms with van der Waals surface area (Å²) in [7, 11) is 2.07. The lowest BCUT2D eigenvalue weighted by molar-refractivity contribution is -0.136. The molecule has 2 fully saturated rings. The van der Waals surface area contributed by atoms with Gasteiger partial charge in [0, 0.05) is 62.7 Å². The smallest absolute Gasteiger partial charge is 0.224 e. The van der Waals surface area contributed by atoms with E-state index in [2.05, 4.69) is 51.9 Å². The molecular formula is C19H36N4O2. The Morgan fingerprint density at radius 2 is 1.64 bits per heavy atom. The molecule has 0 aliphatic carbocycles. The van der Waals surface area contributed by atoms with Crippen molar-refractivity contribution in [1.29, 1.82) is 0 Å². The molecule has 2 aliphatic rings. The highest BCUT2D eigenvalue weighted by Crippen LogP contribution is 2.26. The molecule has 25 heavy (non-hydrogen) atoms. The van der Waals surface area contributed by atoms with Gasteiger partial charge in [0.25, 0.3) is 0 Å². The summed E-state index contributed by atoms with van der Waals surface area (Å²) in [4.78, 5) is 31.5. The Morgan fingerprint density at radius 3 is 2.28 bits per heavy atom. The zero-order valence-electron chi connectivity index (χ0n) is 16.9. The maximum Gasteiger partial charge on any atom is 0.224 e. The lowest BCUT2D eigenvalue weighted by Crippen LogP contribution is -2.52. The van der Waals surface area contributed by atoms with Gasteiger partial charge in [-0.1, -0.05) is 0 Å². The Labute approximate surface area is 152 Å². The average molecular weight is 353 g/mol. The molecule has 6 nitrogen and oxygen atoms in total. The molecule has 0 spiro atoms. The third-order valence-electron chi connectivity index (χ3n) is 5.49. The van der Waals surface area contributed by atoms with Gasteiger partial charge in [-0.25, -0.2) is 0 Å². The van der Waals surface area contributed by atoms with Gasteiger partial charge in [-0.3, -0.25) is 9.59 Å². The molecule has 2 rings (SSSR count). The van der Waals surface area contributed by atoms with Gasteiger partial charge in [0.2, 0.25) is 11.8 Å². The first-order chi connectivity index (χ1) is 11.5. The van der Waals surface area contributed by atoms with Crippen molar-refractivity contribution in [3.8, 4) is 0 Å². The van der Waals surface area contributed by atoms with Gasteiger partial charge in [0.15, 0.2) is 0 Å². The van der Waals surface area contributed by atoms with Crippen LogP contribution in [0.1, 0.15) is 53.9 Å². The Morgan fingerprint density at radius 1 is 0.960 bits per heavy atom. The molecule has 0 bridgehead atoms. The Bertz CT molecular complexity index is 498. The molecule has 0 radical (unpaired) electrons. The summed E-state index contributed by atoms with van der Waals surface area (Å²) >= 11 is 0. The summed E-state index contributed by atoms with van der Waals surface area (Å²) in [5.41, 5.74) is -0.397. The number of amides is 2. The highest BCUT2D eigenvalue weighted by molar-refractivity contribution is 5.78. The number of likely N-dealkylation sites (N-methyl/N-ethyl adjacent to an activating group) is 1. The number of nitrogens with one attached hydrogen (secondary N) is 1. The van der Waals surface area contributed by atoms with Crippen LogP contribution in [0.25, 0.3) is 0 Å². The first-order valence-electron chi connectivity index (χ1n) is 9.53. The second kappa shape index (κ2) is 7.62. The maximum atomic E-state index is 12.7. The van der Waals surface area contributed by atoms with Crippen molar-refractivity contribution in [3.63, 3.8) is 0 Å². The fraction of sp³-hybridized carbons (Fsp3) is 0.895. The zero-order valence-corrected chi connectivity index (χ0v) is 16.9. The molecule has 0 aromatic heterocycles. The predicted molar refractivity (Wildman–Crippen MR) is 100 cm³/mol. The number of hydrogen-bond acceptors (Lipinski definition) is 4. The first-order valence-corrected chi connectivity index (χ1v) is 9.53. The fourth-order valence-electron chi connectivity index (χ4n) is 4.03. The summed E-state index contributed by atoms with van der Waals surface area (Å²) in [6.45, 7) is 14.6. The quantitative estimate of drug-likeness (QED) is 0.832. The SMILES string of the molecule is CN1CCC(=O)N(C(C)(C)CC2CC(=O)N(C(C)(C)C)CCN2)CC1. The lowest BCUT2D eigenvalue weighted by atomic mass is 9.90. The molecule has 1 atom stereocenters. The normalized spacial score (nSPS) is 25.1. The zero-order chi connectivity index (χ0) is 18.8. The number of carbonyl (C=O) groups is 2. The summed E-state index contributed by atoms with van der Waals surface area (Å²) in [6, 6.07) is 0.114. The molecule has 0 saturated carbocycles. The van der Waals surface area contributed by atoms with Crippen molar-refractivity contribution >= 4 is 11.8 Å². The van der Waals surface area contributed by atoms with Gasteiger partial charge >= 0.3 is 0 Å². The third kappa shape index (κ3) is 5.17. The predicted octanol–water partition coefficient (Wildman–Crippen LogP) is 1.31. The Balaban J connectivity index is 2.04. The van der Waals surface area contributed by atoms with Gasteiger partial charge in [-0.05, 0) is 48.1 Å². The van der Waals surface area contributed by atoms with Crippen molar-refractivity contribution in [2.75, 3.05) is 39.8 Å². The van der Waals surface area contributed by atoms with Crippen LogP contribution in [0.4, 0.5) is 0 Å². The van der Waals surface area contributed by atoms with Crippen LogP contribution in [-0.2, 0) is 9.59 Å². The monoisotopic (exact) mass is 352 g/mol. The molecule has 2 amide bonds. The minimum absolute atomic E-state index is 0.114. The second-order valence-corrected chi connectivity index (χ2v) is 9.19. The molecule has 2 heterocycles. The van der Waals surface area contributed by atoms with Crippen LogP contribution >= 0.6 is 0 Å². The van der Waals surface area contributed by atoms with Crippen molar-refractivity contribution in [1.82, 2.24) is 20.0 Å². The summed E-state index contributed by atoms with van der Waals surface area (Å²) in [5, 5.41) is 3.54. The van der Waals surface area contributed by atoms with Crippen molar-refractivity contribution in [2.45, 2.75) is 71.0 Å². The van der Waals surface area contributed by atoms with Crippen molar-refractivity contribution in [2.24, 2.45) is 0 Å². The minimum Gasteiger partial charge on any atom is -0.337 e. The summed E-state index contributed by atoms with van der Waals surface area (Å²) < 4.78 is 0. The van der Waals surface area contributed by atoms with Crippen LogP contribution in [0.2, 0.25) is 0 Å². The maximum absolute atomic E-state index is 12.7. The molecule has 1 N–H and O–H groups in total. The summed E-state index contributed by atoms with van der Waals surface area (Å²) in [6.07, 6.45) is 1.88. The molecule has 0 aromatic carbocycles. The van der Waals surface area contributed by atoms with E-state index >= 15 is 0 Å². The van der Waals surface area contributed by atoms with E-state index in [0.29, 0.717) is 12.8 Å². The molecule has 144 valence electrons. The summed E-state index contributed by atoms with van der Waals surface area (Å²) in [5.74, 6) is 0.436. The Hall–Kier alpha value is -1.14. The molecule has 2 saturated heterocycles. The fourth-order valence-corrected chi connectivity index (χ4v) is 4.03. The van der Waals surface area contributed by atoms with E-state index in [1.54, 1.807) is 0 Å². The third-order valence-corrected chi connectivity index (χ3v) is 5.49. The van der Waals surface area contributed by atoms with Gasteiger partial charge in [-0.15, -0.1) is 0 Å². The minimum atomic E-state index is -0.253. The number of rotatable bonds is 3. The number of hydrogen-bond donors (Lipinski definition) is 1.